The molecule has 1 heterocycles. The second kappa shape index (κ2) is 8.25. The van der Waals surface area contributed by atoms with Gasteiger partial charge in [-0.2, -0.15) is 0 Å². The fourth-order valence-corrected chi connectivity index (χ4v) is 3.19. The molecule has 6 nitrogen and oxygen atoms in total. The molecule has 0 saturated carbocycles. The van der Waals surface area contributed by atoms with Gasteiger partial charge in [-0.15, -0.1) is 0 Å². The number of carbonyl (C=O) groups is 1. The molecule has 3 aromatic rings. The van der Waals surface area contributed by atoms with Gasteiger partial charge in [0.05, 0.1) is 23.8 Å². The van der Waals surface area contributed by atoms with Crippen LogP contribution in [0, 0.1) is 0 Å². The van der Waals surface area contributed by atoms with Crippen LogP contribution in [0.25, 0.3) is 10.9 Å². The summed E-state index contributed by atoms with van der Waals surface area (Å²) >= 11 is 7.10. The molecule has 1 amide bonds. The SMILES string of the molecule is COc1cccc(CNC(=O)CSc2nc3cc(Cl)ccc3c(=O)[nH]2)c1. The van der Waals surface area contributed by atoms with Crippen molar-refractivity contribution in [3.63, 3.8) is 0 Å². The maximum absolute atomic E-state index is 12.1. The number of carbonyl (C=O) groups excluding carboxylic acids is 1. The molecule has 0 saturated heterocycles. The van der Waals surface area contributed by atoms with Gasteiger partial charge in [0.15, 0.2) is 5.16 Å². The highest BCUT2D eigenvalue weighted by Gasteiger charge is 2.08. The topological polar surface area (TPSA) is 84.1 Å². The summed E-state index contributed by atoms with van der Waals surface area (Å²) in [5.74, 6) is 0.716. The van der Waals surface area contributed by atoms with Crippen molar-refractivity contribution in [2.45, 2.75) is 11.7 Å². The standard InChI is InChI=1S/C18H16ClN3O3S/c1-25-13-4-2-3-11(7-13)9-20-16(23)10-26-18-21-15-8-12(19)5-6-14(15)17(24)22-18/h2-8H,9-10H2,1H3,(H,20,23)(H,21,22,24). The van der Waals surface area contributed by atoms with E-state index in [1.807, 2.05) is 24.3 Å². The van der Waals surface area contributed by atoms with Crippen LogP contribution in [0.3, 0.4) is 0 Å². The van der Waals surface area contributed by atoms with E-state index in [1.165, 1.54) is 0 Å². The van der Waals surface area contributed by atoms with E-state index in [-0.39, 0.29) is 17.2 Å². The third-order valence-corrected chi connectivity index (χ3v) is 4.72. The van der Waals surface area contributed by atoms with Gasteiger partial charge in [0.1, 0.15) is 5.75 Å². The van der Waals surface area contributed by atoms with Gasteiger partial charge in [-0.25, -0.2) is 4.98 Å². The van der Waals surface area contributed by atoms with E-state index in [9.17, 15) is 9.59 Å². The number of fused-ring (bicyclic) bond motifs is 1. The van der Waals surface area contributed by atoms with Gasteiger partial charge in [0.25, 0.3) is 5.56 Å². The molecule has 1 aromatic heterocycles. The Kier molecular flexibility index (Phi) is 5.80. The smallest absolute Gasteiger partial charge is 0.259 e. The van der Waals surface area contributed by atoms with Crippen LogP contribution in [0.2, 0.25) is 5.02 Å². The Labute approximate surface area is 158 Å². The molecule has 0 unspecified atom stereocenters. The van der Waals surface area contributed by atoms with E-state index >= 15 is 0 Å². The molecule has 0 aliphatic carbocycles. The van der Waals surface area contributed by atoms with Crippen LogP contribution < -0.4 is 15.6 Å². The summed E-state index contributed by atoms with van der Waals surface area (Å²) in [6, 6.07) is 12.4. The third-order valence-electron chi connectivity index (χ3n) is 3.61. The molecule has 2 aromatic carbocycles. The molecular weight excluding hydrogens is 374 g/mol. The highest BCUT2D eigenvalue weighted by molar-refractivity contribution is 7.99. The Morgan fingerprint density at radius 1 is 1.31 bits per heavy atom. The van der Waals surface area contributed by atoms with Crippen LogP contribution >= 0.6 is 23.4 Å². The van der Waals surface area contributed by atoms with Crippen molar-refractivity contribution in [2.75, 3.05) is 12.9 Å². The van der Waals surface area contributed by atoms with E-state index in [2.05, 4.69) is 15.3 Å². The number of ether oxygens (including phenoxy) is 1. The second-order valence-corrected chi connectivity index (χ2v) is 6.85. The number of H-pyrrole nitrogens is 1. The number of aromatic amines is 1. The first-order valence-corrected chi connectivity index (χ1v) is 9.13. The molecule has 3 rings (SSSR count). The molecule has 0 aliphatic heterocycles. The maximum atomic E-state index is 12.1. The lowest BCUT2D eigenvalue weighted by Crippen LogP contribution is -2.24. The summed E-state index contributed by atoms with van der Waals surface area (Å²) in [4.78, 5) is 31.1. The molecule has 134 valence electrons. The number of hydrogen-bond donors (Lipinski definition) is 2. The van der Waals surface area contributed by atoms with E-state index in [0.29, 0.717) is 27.6 Å². The van der Waals surface area contributed by atoms with Gasteiger partial charge in [-0.1, -0.05) is 35.5 Å². The van der Waals surface area contributed by atoms with Crippen LogP contribution in [-0.2, 0) is 11.3 Å². The number of aromatic nitrogens is 2. The number of nitrogens with zero attached hydrogens (tertiary/aromatic N) is 1. The Bertz CT molecular complexity index is 1010. The Morgan fingerprint density at radius 3 is 2.96 bits per heavy atom. The predicted octanol–water partition coefficient (Wildman–Crippen LogP) is 2.99. The average molecular weight is 390 g/mol. The van der Waals surface area contributed by atoms with Crippen LogP contribution in [0.1, 0.15) is 5.56 Å². The van der Waals surface area contributed by atoms with Crippen LogP contribution in [-0.4, -0.2) is 28.7 Å². The molecule has 0 atom stereocenters. The van der Waals surface area contributed by atoms with Crippen molar-refractivity contribution >= 4 is 40.2 Å². The highest BCUT2D eigenvalue weighted by Crippen LogP contribution is 2.18. The van der Waals surface area contributed by atoms with Crippen LogP contribution in [0.5, 0.6) is 5.75 Å². The van der Waals surface area contributed by atoms with Crippen molar-refractivity contribution in [3.05, 3.63) is 63.4 Å². The number of rotatable bonds is 6. The summed E-state index contributed by atoms with van der Waals surface area (Å²) in [5, 5.41) is 4.16. The Balaban J connectivity index is 1.60. The normalized spacial score (nSPS) is 10.7. The molecule has 0 bridgehead atoms. The minimum absolute atomic E-state index is 0.138. The summed E-state index contributed by atoms with van der Waals surface area (Å²) in [6.07, 6.45) is 0. The van der Waals surface area contributed by atoms with Gasteiger partial charge in [-0.05, 0) is 35.9 Å². The van der Waals surface area contributed by atoms with E-state index in [0.717, 1.165) is 23.1 Å². The number of hydrogen-bond acceptors (Lipinski definition) is 5. The van der Waals surface area contributed by atoms with E-state index in [4.69, 9.17) is 16.3 Å². The summed E-state index contributed by atoms with van der Waals surface area (Å²) in [7, 11) is 1.60. The number of thioether (sulfide) groups is 1. The van der Waals surface area contributed by atoms with Gasteiger partial charge >= 0.3 is 0 Å². The minimum atomic E-state index is -0.258. The van der Waals surface area contributed by atoms with Crippen molar-refractivity contribution < 1.29 is 9.53 Å². The van der Waals surface area contributed by atoms with Gasteiger partial charge < -0.3 is 15.0 Å². The molecule has 0 spiro atoms. The predicted molar refractivity (Wildman–Crippen MR) is 103 cm³/mol. The minimum Gasteiger partial charge on any atom is -0.497 e. The summed E-state index contributed by atoms with van der Waals surface area (Å²) in [6.45, 7) is 0.397. The molecule has 2 N–H and O–H groups in total. The molecule has 8 heteroatoms. The lowest BCUT2D eigenvalue weighted by Gasteiger charge is -2.07. The molecular formula is C18H16ClN3O3S. The first kappa shape index (κ1) is 18.3. The monoisotopic (exact) mass is 389 g/mol. The number of nitrogens with one attached hydrogen (secondary N) is 2. The molecule has 26 heavy (non-hydrogen) atoms. The van der Waals surface area contributed by atoms with Gasteiger partial charge in [-0.3, -0.25) is 9.59 Å². The second-order valence-electron chi connectivity index (χ2n) is 5.45. The first-order chi connectivity index (χ1) is 12.5. The zero-order chi connectivity index (χ0) is 18.5. The Hall–Kier alpha value is -2.51. The molecule has 0 aliphatic rings. The van der Waals surface area contributed by atoms with Crippen LogP contribution in [0.4, 0.5) is 0 Å². The number of methoxy groups -OCH3 is 1. The Morgan fingerprint density at radius 2 is 2.15 bits per heavy atom. The lowest BCUT2D eigenvalue weighted by atomic mass is 10.2. The van der Waals surface area contributed by atoms with Gasteiger partial charge in [0, 0.05) is 11.6 Å². The third kappa shape index (κ3) is 4.56. The van der Waals surface area contributed by atoms with Gasteiger partial charge in [0.2, 0.25) is 5.91 Å². The van der Waals surface area contributed by atoms with Crippen molar-refractivity contribution in [1.29, 1.82) is 0 Å². The first-order valence-electron chi connectivity index (χ1n) is 7.77. The average Bonchev–Trinajstić information content (AvgIpc) is 2.64. The zero-order valence-corrected chi connectivity index (χ0v) is 15.5. The molecule has 0 fully saturated rings. The number of benzene rings is 2. The van der Waals surface area contributed by atoms with Crippen molar-refractivity contribution in [1.82, 2.24) is 15.3 Å². The van der Waals surface area contributed by atoms with Crippen molar-refractivity contribution in [3.8, 4) is 5.75 Å². The number of amides is 1. The zero-order valence-electron chi connectivity index (χ0n) is 13.9. The fraction of sp³-hybridized carbons (Fsp3) is 0.167. The quantitative estimate of drug-likeness (QED) is 0.500. The largest absolute Gasteiger partial charge is 0.497 e. The van der Waals surface area contributed by atoms with E-state index < -0.39 is 0 Å². The van der Waals surface area contributed by atoms with E-state index in [1.54, 1.807) is 25.3 Å². The summed E-state index contributed by atoms with van der Waals surface area (Å²) in [5.41, 5.74) is 1.18. The fourth-order valence-electron chi connectivity index (χ4n) is 2.33. The van der Waals surface area contributed by atoms with Crippen molar-refractivity contribution in [2.24, 2.45) is 0 Å². The number of halogens is 1. The van der Waals surface area contributed by atoms with Crippen LogP contribution in [0.15, 0.2) is 52.4 Å². The lowest BCUT2D eigenvalue weighted by molar-refractivity contribution is -0.118. The summed E-state index contributed by atoms with van der Waals surface area (Å²) < 4.78 is 5.15. The molecule has 0 radical (unpaired) electrons. The highest BCUT2D eigenvalue weighted by atomic mass is 35.5. The maximum Gasteiger partial charge on any atom is 0.259 e.